The Kier molecular flexibility index (Phi) is 4.52. The maximum Gasteiger partial charge on any atom is 0.276 e. The van der Waals surface area contributed by atoms with Gasteiger partial charge in [-0.15, -0.1) is 0 Å². The number of benzene rings is 1. The maximum absolute atomic E-state index is 12.4. The molecule has 6 nitrogen and oxygen atoms in total. The molecule has 0 bridgehead atoms. The van der Waals surface area contributed by atoms with Gasteiger partial charge in [0.05, 0.1) is 5.69 Å². The van der Waals surface area contributed by atoms with E-state index in [1.54, 1.807) is 11.6 Å². The van der Waals surface area contributed by atoms with E-state index < -0.39 is 5.91 Å². The number of nitrogens with zero attached hydrogens (tertiary/aromatic N) is 2. The van der Waals surface area contributed by atoms with Crippen molar-refractivity contribution in [2.75, 3.05) is 13.1 Å². The van der Waals surface area contributed by atoms with Crippen LogP contribution in [0.5, 0.6) is 0 Å². The average molecular weight is 312 g/mol. The van der Waals surface area contributed by atoms with E-state index in [1.807, 2.05) is 30.3 Å². The number of aryl methyl sites for hydroxylation is 1. The molecule has 2 aromatic rings. The highest BCUT2D eigenvalue weighted by atomic mass is 16.2. The van der Waals surface area contributed by atoms with Gasteiger partial charge in [0.15, 0.2) is 5.69 Å². The fourth-order valence-electron chi connectivity index (χ4n) is 2.76. The molecule has 1 aromatic carbocycles. The van der Waals surface area contributed by atoms with Gasteiger partial charge in [-0.05, 0) is 38.4 Å². The van der Waals surface area contributed by atoms with Gasteiger partial charge in [-0.3, -0.25) is 9.59 Å². The van der Waals surface area contributed by atoms with Crippen molar-refractivity contribution < 1.29 is 4.79 Å². The third-order valence-electron chi connectivity index (χ3n) is 3.96. The number of carbonyl (C=O) groups is 1. The predicted octanol–water partition coefficient (Wildman–Crippen LogP) is 1.02. The van der Waals surface area contributed by atoms with Gasteiger partial charge < -0.3 is 10.6 Å². The van der Waals surface area contributed by atoms with Crippen molar-refractivity contribution in [2.24, 2.45) is 0 Å². The summed E-state index contributed by atoms with van der Waals surface area (Å²) in [6.07, 6.45) is 1.93. The van der Waals surface area contributed by atoms with Gasteiger partial charge in [0, 0.05) is 24.3 Å². The van der Waals surface area contributed by atoms with Gasteiger partial charge in [-0.2, -0.15) is 5.10 Å². The van der Waals surface area contributed by atoms with Gasteiger partial charge in [-0.25, -0.2) is 4.68 Å². The molecule has 0 aliphatic carbocycles. The fraction of sp³-hybridized carbons (Fsp3) is 0.353. The van der Waals surface area contributed by atoms with Crippen LogP contribution in [0.1, 0.15) is 29.0 Å². The van der Waals surface area contributed by atoms with Crippen LogP contribution in [-0.4, -0.2) is 34.8 Å². The van der Waals surface area contributed by atoms with E-state index in [2.05, 4.69) is 15.7 Å². The van der Waals surface area contributed by atoms with Gasteiger partial charge in [0.2, 0.25) is 5.43 Å². The van der Waals surface area contributed by atoms with E-state index in [9.17, 15) is 9.59 Å². The molecule has 1 aliphatic rings. The summed E-state index contributed by atoms with van der Waals surface area (Å²) in [5.41, 5.74) is 1.09. The molecule has 1 unspecified atom stereocenters. The second-order valence-electron chi connectivity index (χ2n) is 5.76. The normalized spacial score (nSPS) is 17.7. The van der Waals surface area contributed by atoms with E-state index in [4.69, 9.17) is 0 Å². The number of amides is 1. The van der Waals surface area contributed by atoms with E-state index in [1.165, 1.54) is 6.07 Å². The monoisotopic (exact) mass is 312 g/mol. The highest BCUT2D eigenvalue weighted by Gasteiger charge is 2.20. The van der Waals surface area contributed by atoms with Crippen LogP contribution in [0.4, 0.5) is 0 Å². The summed E-state index contributed by atoms with van der Waals surface area (Å²) < 4.78 is 1.62. The number of hydrogen-bond donors (Lipinski definition) is 2. The summed E-state index contributed by atoms with van der Waals surface area (Å²) >= 11 is 0. The van der Waals surface area contributed by atoms with Crippen molar-refractivity contribution in [1.82, 2.24) is 20.4 Å². The van der Waals surface area contributed by atoms with Gasteiger partial charge in [-0.1, -0.05) is 18.2 Å². The minimum absolute atomic E-state index is 0.0453. The van der Waals surface area contributed by atoms with Crippen LogP contribution < -0.4 is 16.1 Å². The molecule has 1 fully saturated rings. The molecular formula is C17H20N4O2. The molecule has 0 saturated carbocycles. The second kappa shape index (κ2) is 6.75. The molecule has 1 atom stereocenters. The third-order valence-corrected chi connectivity index (χ3v) is 3.96. The molecule has 6 heteroatoms. The number of aromatic nitrogens is 2. The van der Waals surface area contributed by atoms with Crippen LogP contribution in [0.3, 0.4) is 0 Å². The summed E-state index contributed by atoms with van der Waals surface area (Å²) in [6, 6.07) is 11.0. The van der Waals surface area contributed by atoms with Crippen LogP contribution in [0, 0.1) is 6.92 Å². The van der Waals surface area contributed by atoms with Crippen molar-refractivity contribution in [3.05, 3.63) is 58.0 Å². The quantitative estimate of drug-likeness (QED) is 0.887. The Hall–Kier alpha value is -2.47. The second-order valence-corrected chi connectivity index (χ2v) is 5.76. The number of nitrogens with one attached hydrogen (secondary N) is 2. The first-order valence-electron chi connectivity index (χ1n) is 7.83. The molecule has 2 heterocycles. The summed E-state index contributed by atoms with van der Waals surface area (Å²) in [5, 5.41) is 10.4. The van der Waals surface area contributed by atoms with E-state index in [-0.39, 0.29) is 17.2 Å². The lowest BCUT2D eigenvalue weighted by atomic mass is 10.1. The summed E-state index contributed by atoms with van der Waals surface area (Å²) in [5.74, 6) is -0.409. The first-order valence-corrected chi connectivity index (χ1v) is 7.83. The number of carbonyl (C=O) groups excluding carboxylic acids is 1. The fourth-order valence-corrected chi connectivity index (χ4v) is 2.76. The van der Waals surface area contributed by atoms with E-state index in [0.29, 0.717) is 5.69 Å². The topological polar surface area (TPSA) is 76.0 Å². The van der Waals surface area contributed by atoms with Crippen LogP contribution in [0.15, 0.2) is 41.2 Å². The third kappa shape index (κ3) is 3.48. The zero-order valence-electron chi connectivity index (χ0n) is 13.1. The zero-order valence-corrected chi connectivity index (χ0v) is 13.1. The first-order chi connectivity index (χ1) is 11.1. The first kappa shape index (κ1) is 15.4. The highest BCUT2D eigenvalue weighted by molar-refractivity contribution is 5.92. The summed E-state index contributed by atoms with van der Waals surface area (Å²) in [7, 11) is 0. The maximum atomic E-state index is 12.4. The Morgan fingerprint density at radius 1 is 1.35 bits per heavy atom. The van der Waals surface area contributed by atoms with Gasteiger partial charge in [0.1, 0.15) is 0 Å². The SMILES string of the molecule is Cc1cc(=O)c(C(=O)NC2CCCNC2)nn1-c1ccccc1. The highest BCUT2D eigenvalue weighted by Crippen LogP contribution is 2.08. The molecule has 1 aromatic heterocycles. The lowest BCUT2D eigenvalue weighted by molar-refractivity contribution is 0.0922. The molecule has 120 valence electrons. The molecule has 1 saturated heterocycles. The lowest BCUT2D eigenvalue weighted by Gasteiger charge is -2.23. The van der Waals surface area contributed by atoms with Crippen LogP contribution >= 0.6 is 0 Å². The van der Waals surface area contributed by atoms with E-state index >= 15 is 0 Å². The number of para-hydroxylation sites is 1. The molecule has 0 radical (unpaired) electrons. The Morgan fingerprint density at radius 2 is 2.13 bits per heavy atom. The molecular weight excluding hydrogens is 292 g/mol. The molecule has 3 rings (SSSR count). The summed E-state index contributed by atoms with van der Waals surface area (Å²) in [4.78, 5) is 24.6. The minimum atomic E-state index is -0.409. The molecule has 0 spiro atoms. The Bertz CT molecular complexity index is 749. The molecule has 1 aliphatic heterocycles. The standard InChI is InChI=1S/C17H20N4O2/c1-12-10-15(22)16(17(23)19-13-6-5-9-18-11-13)20-21(12)14-7-3-2-4-8-14/h2-4,7-8,10,13,18H,5-6,9,11H2,1H3,(H,19,23). The van der Waals surface area contributed by atoms with Crippen LogP contribution in [0.25, 0.3) is 5.69 Å². The smallest absolute Gasteiger partial charge is 0.276 e. The van der Waals surface area contributed by atoms with E-state index in [0.717, 1.165) is 31.6 Å². The van der Waals surface area contributed by atoms with Crippen LogP contribution in [-0.2, 0) is 0 Å². The predicted molar refractivity (Wildman–Crippen MR) is 87.9 cm³/mol. The Morgan fingerprint density at radius 3 is 2.83 bits per heavy atom. The molecule has 2 N–H and O–H groups in total. The van der Waals surface area contributed by atoms with Crippen LogP contribution in [0.2, 0.25) is 0 Å². The van der Waals surface area contributed by atoms with Crippen molar-refractivity contribution in [2.45, 2.75) is 25.8 Å². The van der Waals surface area contributed by atoms with Crippen molar-refractivity contribution >= 4 is 5.91 Å². The number of piperidine rings is 1. The minimum Gasteiger partial charge on any atom is -0.347 e. The largest absolute Gasteiger partial charge is 0.347 e. The number of rotatable bonds is 3. The lowest BCUT2D eigenvalue weighted by Crippen LogP contribution is -2.47. The molecule has 1 amide bonds. The molecule has 23 heavy (non-hydrogen) atoms. The summed E-state index contributed by atoms with van der Waals surface area (Å²) in [6.45, 7) is 3.49. The zero-order chi connectivity index (χ0) is 16.2. The van der Waals surface area contributed by atoms with Crippen molar-refractivity contribution in [3.8, 4) is 5.69 Å². The number of hydrogen-bond acceptors (Lipinski definition) is 4. The van der Waals surface area contributed by atoms with Crippen molar-refractivity contribution in [1.29, 1.82) is 0 Å². The Balaban J connectivity index is 1.89. The average Bonchev–Trinajstić information content (AvgIpc) is 2.56. The van der Waals surface area contributed by atoms with Gasteiger partial charge >= 0.3 is 0 Å². The van der Waals surface area contributed by atoms with Crippen molar-refractivity contribution in [3.63, 3.8) is 0 Å². The van der Waals surface area contributed by atoms with Gasteiger partial charge in [0.25, 0.3) is 5.91 Å². The Labute approximate surface area is 134 Å².